The van der Waals surface area contributed by atoms with Crippen molar-refractivity contribution in [3.8, 4) is 5.75 Å². The molecule has 0 aliphatic carbocycles. The Hall–Kier alpha value is -2.35. The van der Waals surface area contributed by atoms with Crippen LogP contribution in [0.5, 0.6) is 5.75 Å². The maximum atomic E-state index is 5.66. The van der Waals surface area contributed by atoms with Gasteiger partial charge in [0.1, 0.15) is 5.75 Å². The second-order valence-electron chi connectivity index (χ2n) is 5.98. The highest BCUT2D eigenvalue weighted by Crippen LogP contribution is 2.22. The van der Waals surface area contributed by atoms with Gasteiger partial charge in [-0.2, -0.15) is 4.98 Å². The number of thioether (sulfide) groups is 1. The summed E-state index contributed by atoms with van der Waals surface area (Å²) in [5, 5.41) is 12.6. The standard InChI is InChI=1S/C17H20N4O3S/c1-11(2)8-15-18-14(21-24-15)10-25-17-20-19-16(23-17)9-12-4-6-13(22-3)7-5-12/h4-7,11H,8-10H2,1-3H3. The van der Waals surface area contributed by atoms with Crippen molar-refractivity contribution >= 4 is 11.8 Å². The van der Waals surface area contributed by atoms with Gasteiger partial charge in [-0.3, -0.25) is 0 Å². The van der Waals surface area contributed by atoms with Crippen LogP contribution in [-0.2, 0) is 18.6 Å². The number of ether oxygens (including phenoxy) is 1. The van der Waals surface area contributed by atoms with E-state index < -0.39 is 0 Å². The van der Waals surface area contributed by atoms with E-state index in [1.807, 2.05) is 24.3 Å². The van der Waals surface area contributed by atoms with E-state index in [2.05, 4.69) is 34.2 Å². The van der Waals surface area contributed by atoms with Gasteiger partial charge in [0.2, 0.25) is 11.8 Å². The molecular formula is C17H20N4O3S. The Morgan fingerprint density at radius 2 is 1.92 bits per heavy atom. The lowest BCUT2D eigenvalue weighted by molar-refractivity contribution is 0.360. The molecule has 25 heavy (non-hydrogen) atoms. The summed E-state index contributed by atoms with van der Waals surface area (Å²) >= 11 is 1.40. The first-order valence-corrected chi connectivity index (χ1v) is 9.00. The summed E-state index contributed by atoms with van der Waals surface area (Å²) in [6, 6.07) is 7.77. The molecule has 3 aromatic rings. The third kappa shape index (κ3) is 5.06. The van der Waals surface area contributed by atoms with E-state index >= 15 is 0 Å². The van der Waals surface area contributed by atoms with E-state index in [1.165, 1.54) is 11.8 Å². The molecule has 2 aromatic heterocycles. The highest BCUT2D eigenvalue weighted by molar-refractivity contribution is 7.98. The second kappa shape index (κ2) is 8.15. The monoisotopic (exact) mass is 360 g/mol. The lowest BCUT2D eigenvalue weighted by Gasteiger charge is -2.00. The molecule has 0 saturated heterocycles. The minimum absolute atomic E-state index is 0.484. The van der Waals surface area contributed by atoms with Crippen molar-refractivity contribution in [2.45, 2.75) is 37.7 Å². The van der Waals surface area contributed by atoms with Crippen LogP contribution in [0.3, 0.4) is 0 Å². The highest BCUT2D eigenvalue weighted by Gasteiger charge is 2.12. The maximum absolute atomic E-state index is 5.66. The number of methoxy groups -OCH3 is 1. The van der Waals surface area contributed by atoms with Crippen molar-refractivity contribution in [2.75, 3.05) is 7.11 Å². The Labute approximate surface area is 150 Å². The van der Waals surface area contributed by atoms with Gasteiger partial charge in [-0.1, -0.05) is 42.9 Å². The molecule has 0 aliphatic rings. The van der Waals surface area contributed by atoms with Gasteiger partial charge in [0.15, 0.2) is 5.82 Å². The zero-order chi connectivity index (χ0) is 17.6. The van der Waals surface area contributed by atoms with Crippen molar-refractivity contribution in [1.29, 1.82) is 0 Å². The van der Waals surface area contributed by atoms with Gasteiger partial charge < -0.3 is 13.7 Å². The number of hydrogen-bond acceptors (Lipinski definition) is 8. The molecule has 132 valence electrons. The van der Waals surface area contributed by atoms with E-state index in [9.17, 15) is 0 Å². The van der Waals surface area contributed by atoms with E-state index in [0.717, 1.165) is 17.7 Å². The van der Waals surface area contributed by atoms with Gasteiger partial charge in [0, 0.05) is 6.42 Å². The molecule has 0 amide bonds. The van der Waals surface area contributed by atoms with Crippen LogP contribution in [0.4, 0.5) is 0 Å². The predicted octanol–water partition coefficient (Wildman–Crippen LogP) is 3.54. The molecule has 0 spiro atoms. The molecule has 7 nitrogen and oxygen atoms in total. The topological polar surface area (TPSA) is 87.1 Å². The third-order valence-electron chi connectivity index (χ3n) is 3.38. The first-order valence-electron chi connectivity index (χ1n) is 8.02. The first-order chi connectivity index (χ1) is 12.1. The van der Waals surface area contributed by atoms with Crippen molar-refractivity contribution in [2.24, 2.45) is 5.92 Å². The van der Waals surface area contributed by atoms with Crippen LogP contribution in [0.25, 0.3) is 0 Å². The van der Waals surface area contributed by atoms with Gasteiger partial charge in [-0.15, -0.1) is 10.2 Å². The zero-order valence-corrected chi connectivity index (χ0v) is 15.2. The molecule has 8 heteroatoms. The molecular weight excluding hydrogens is 340 g/mol. The fraction of sp³-hybridized carbons (Fsp3) is 0.412. The van der Waals surface area contributed by atoms with E-state index in [4.69, 9.17) is 13.7 Å². The molecule has 1 aromatic carbocycles. The summed E-state index contributed by atoms with van der Waals surface area (Å²) in [6.45, 7) is 4.23. The molecule has 0 aliphatic heterocycles. The lowest BCUT2D eigenvalue weighted by Crippen LogP contribution is -1.94. The van der Waals surface area contributed by atoms with Crippen molar-refractivity contribution < 1.29 is 13.7 Å². The van der Waals surface area contributed by atoms with Gasteiger partial charge in [-0.05, 0) is 23.6 Å². The number of rotatable bonds is 8. The third-order valence-corrected chi connectivity index (χ3v) is 4.19. The van der Waals surface area contributed by atoms with Gasteiger partial charge >= 0.3 is 0 Å². The maximum Gasteiger partial charge on any atom is 0.277 e. The zero-order valence-electron chi connectivity index (χ0n) is 14.4. The summed E-state index contributed by atoms with van der Waals surface area (Å²) < 4.78 is 16.0. The average molecular weight is 360 g/mol. The molecule has 0 atom stereocenters. The average Bonchev–Trinajstić information content (AvgIpc) is 3.22. The number of aromatic nitrogens is 4. The van der Waals surface area contributed by atoms with Crippen LogP contribution in [-0.4, -0.2) is 27.4 Å². The van der Waals surface area contributed by atoms with Crippen molar-refractivity contribution in [3.05, 3.63) is 47.4 Å². The van der Waals surface area contributed by atoms with Gasteiger partial charge in [-0.25, -0.2) is 0 Å². The molecule has 0 bridgehead atoms. The Balaban J connectivity index is 1.53. The van der Waals surface area contributed by atoms with Crippen LogP contribution in [0.15, 0.2) is 38.4 Å². The SMILES string of the molecule is COc1ccc(Cc2nnc(SCc3noc(CC(C)C)n3)o2)cc1. The summed E-state index contributed by atoms with van der Waals surface area (Å²) in [5.74, 6) is 3.71. The summed E-state index contributed by atoms with van der Waals surface area (Å²) in [6.07, 6.45) is 1.36. The molecule has 0 N–H and O–H groups in total. The number of nitrogens with zero attached hydrogens (tertiary/aromatic N) is 4. The van der Waals surface area contributed by atoms with Gasteiger partial charge in [0.25, 0.3) is 5.22 Å². The van der Waals surface area contributed by atoms with Crippen LogP contribution < -0.4 is 4.74 Å². The van der Waals surface area contributed by atoms with Crippen LogP contribution in [0.2, 0.25) is 0 Å². The minimum Gasteiger partial charge on any atom is -0.497 e. The predicted molar refractivity (Wildman–Crippen MR) is 92.5 cm³/mol. The quantitative estimate of drug-likeness (QED) is 0.564. The van der Waals surface area contributed by atoms with Crippen LogP contribution in [0, 0.1) is 5.92 Å². The number of hydrogen-bond donors (Lipinski definition) is 0. The molecule has 0 radical (unpaired) electrons. The van der Waals surface area contributed by atoms with Gasteiger partial charge in [0.05, 0.1) is 19.3 Å². The molecule has 0 saturated carbocycles. The fourth-order valence-electron chi connectivity index (χ4n) is 2.19. The highest BCUT2D eigenvalue weighted by atomic mass is 32.2. The van der Waals surface area contributed by atoms with Crippen molar-refractivity contribution in [3.63, 3.8) is 0 Å². The Bertz CT molecular complexity index is 798. The van der Waals surface area contributed by atoms with Crippen molar-refractivity contribution in [1.82, 2.24) is 20.3 Å². The summed E-state index contributed by atoms with van der Waals surface area (Å²) in [7, 11) is 1.64. The Morgan fingerprint density at radius 1 is 1.12 bits per heavy atom. The molecule has 3 rings (SSSR count). The van der Waals surface area contributed by atoms with E-state index in [1.54, 1.807) is 7.11 Å². The molecule has 0 fully saturated rings. The smallest absolute Gasteiger partial charge is 0.277 e. The summed E-state index contributed by atoms with van der Waals surface area (Å²) in [4.78, 5) is 4.36. The van der Waals surface area contributed by atoms with Crippen LogP contribution >= 0.6 is 11.8 Å². The normalized spacial score (nSPS) is 11.2. The summed E-state index contributed by atoms with van der Waals surface area (Å²) in [5.41, 5.74) is 1.08. The molecule has 2 heterocycles. The lowest BCUT2D eigenvalue weighted by atomic mass is 10.1. The Morgan fingerprint density at radius 3 is 2.64 bits per heavy atom. The largest absolute Gasteiger partial charge is 0.497 e. The van der Waals surface area contributed by atoms with E-state index in [0.29, 0.717) is 40.9 Å². The first kappa shape index (κ1) is 17.5. The minimum atomic E-state index is 0.484. The Kier molecular flexibility index (Phi) is 5.70. The molecule has 0 unspecified atom stereocenters. The number of benzene rings is 1. The van der Waals surface area contributed by atoms with Crippen LogP contribution in [0.1, 0.15) is 37.0 Å². The van der Waals surface area contributed by atoms with E-state index in [-0.39, 0.29) is 0 Å². The second-order valence-corrected chi connectivity index (χ2v) is 6.90. The fourth-order valence-corrected chi connectivity index (χ4v) is 2.82.